The fourth-order valence-electron chi connectivity index (χ4n) is 8.69. The molecule has 0 saturated heterocycles. The molecule has 0 fully saturated rings. The molecule has 402 valence electrons. The first-order valence-electron chi connectivity index (χ1n) is 29.3. The van der Waals surface area contributed by atoms with E-state index in [1.54, 1.807) is 0 Å². The Kier molecular flexibility index (Phi) is 53.6. The van der Waals surface area contributed by atoms with Crippen LogP contribution in [-0.2, 0) is 32.7 Å². The number of unbranched alkanes of at least 4 members (excludes halogenated alkanes) is 39. The highest BCUT2D eigenvalue weighted by Gasteiger charge is 2.26. The standard InChI is InChI=1S/C58H112NO8P/c1-3-5-7-9-11-13-15-17-19-21-23-24-25-26-27-28-29-30-31-32-33-35-37-39-41-43-45-47-49-51-58(61)67-56(55-66-68(62,63)65-53-52-59)54-64-57(60)50-48-46-44-42-40-38-36-34-22-20-18-16-14-12-10-8-6-4-2/h20-23,56H,3-19,24-55,59H2,1-2H3,(H,62,63)/b22-20-,23-21-. The average molecular weight is 983 g/mol. The Hall–Kier alpha value is -1.51. The first-order valence-corrected chi connectivity index (χ1v) is 30.8. The fraction of sp³-hybridized carbons (Fsp3) is 0.897. The average Bonchev–Trinajstić information content (AvgIpc) is 3.33. The van der Waals surface area contributed by atoms with E-state index < -0.39 is 26.5 Å². The van der Waals surface area contributed by atoms with Gasteiger partial charge in [0.2, 0.25) is 0 Å². The van der Waals surface area contributed by atoms with Crippen LogP contribution in [-0.4, -0.2) is 49.3 Å². The molecule has 0 heterocycles. The fourth-order valence-corrected chi connectivity index (χ4v) is 9.45. The van der Waals surface area contributed by atoms with Gasteiger partial charge in [-0.1, -0.05) is 250 Å². The van der Waals surface area contributed by atoms with Gasteiger partial charge in [0.15, 0.2) is 6.10 Å². The van der Waals surface area contributed by atoms with E-state index in [4.69, 9.17) is 24.3 Å². The van der Waals surface area contributed by atoms with Gasteiger partial charge < -0.3 is 20.1 Å². The lowest BCUT2D eigenvalue weighted by atomic mass is 10.0. The molecule has 0 radical (unpaired) electrons. The van der Waals surface area contributed by atoms with Gasteiger partial charge in [-0.2, -0.15) is 0 Å². The maximum absolute atomic E-state index is 12.7. The molecule has 0 bridgehead atoms. The molecule has 2 unspecified atom stereocenters. The Balaban J connectivity index is 3.90. The number of phosphoric acid groups is 1. The van der Waals surface area contributed by atoms with Crippen molar-refractivity contribution in [2.75, 3.05) is 26.4 Å². The van der Waals surface area contributed by atoms with Crippen molar-refractivity contribution < 1.29 is 37.6 Å². The van der Waals surface area contributed by atoms with Gasteiger partial charge in [-0.25, -0.2) is 4.57 Å². The Morgan fingerprint density at radius 3 is 1.04 bits per heavy atom. The SMILES string of the molecule is CCCCCCCCC/C=C\CCCCCCCCCC(=O)OCC(COP(=O)(O)OCCN)OC(=O)CCCCCCCCCCCCCCCCCCC/C=C\CCCCCCCCCC. The van der Waals surface area contributed by atoms with Gasteiger partial charge in [0, 0.05) is 19.4 Å². The van der Waals surface area contributed by atoms with E-state index in [1.165, 1.54) is 231 Å². The summed E-state index contributed by atoms with van der Waals surface area (Å²) in [6.07, 6.45) is 63.8. The first kappa shape index (κ1) is 66.5. The van der Waals surface area contributed by atoms with Crippen molar-refractivity contribution in [3.05, 3.63) is 24.3 Å². The minimum atomic E-state index is -4.38. The van der Waals surface area contributed by atoms with Crippen molar-refractivity contribution in [3.63, 3.8) is 0 Å². The van der Waals surface area contributed by atoms with Crippen LogP contribution in [0, 0.1) is 0 Å². The van der Waals surface area contributed by atoms with E-state index in [2.05, 4.69) is 38.2 Å². The Morgan fingerprint density at radius 2 is 0.721 bits per heavy atom. The number of allylic oxidation sites excluding steroid dienone is 4. The smallest absolute Gasteiger partial charge is 0.462 e. The molecule has 0 amide bonds. The molecule has 3 N–H and O–H groups in total. The highest BCUT2D eigenvalue weighted by molar-refractivity contribution is 7.47. The highest BCUT2D eigenvalue weighted by atomic mass is 31.2. The van der Waals surface area contributed by atoms with Gasteiger partial charge >= 0.3 is 19.8 Å². The summed E-state index contributed by atoms with van der Waals surface area (Å²) in [7, 11) is -4.38. The second-order valence-electron chi connectivity index (χ2n) is 19.9. The van der Waals surface area contributed by atoms with E-state index in [0.29, 0.717) is 6.42 Å². The largest absolute Gasteiger partial charge is 0.472 e. The number of phosphoric ester groups is 1. The first-order chi connectivity index (χ1) is 33.3. The van der Waals surface area contributed by atoms with Crippen LogP contribution < -0.4 is 5.73 Å². The third-order valence-corrected chi connectivity index (χ3v) is 14.0. The summed E-state index contributed by atoms with van der Waals surface area (Å²) in [5.41, 5.74) is 5.38. The van der Waals surface area contributed by atoms with Crippen LogP contribution in [0.2, 0.25) is 0 Å². The number of hydrogen-bond acceptors (Lipinski definition) is 8. The molecule has 0 rings (SSSR count). The van der Waals surface area contributed by atoms with Crippen LogP contribution in [0.15, 0.2) is 24.3 Å². The molecule has 0 aromatic heterocycles. The molecular weight excluding hydrogens is 870 g/mol. The monoisotopic (exact) mass is 982 g/mol. The van der Waals surface area contributed by atoms with Gasteiger partial charge in [0.05, 0.1) is 13.2 Å². The number of esters is 2. The highest BCUT2D eigenvalue weighted by Crippen LogP contribution is 2.43. The maximum Gasteiger partial charge on any atom is 0.472 e. The van der Waals surface area contributed by atoms with Gasteiger partial charge in [-0.3, -0.25) is 18.6 Å². The summed E-state index contributed by atoms with van der Waals surface area (Å²) < 4.78 is 33.0. The zero-order chi connectivity index (χ0) is 49.5. The van der Waals surface area contributed by atoms with Gasteiger partial charge in [0.1, 0.15) is 6.61 Å². The summed E-state index contributed by atoms with van der Waals surface area (Å²) in [5, 5.41) is 0. The van der Waals surface area contributed by atoms with Crippen LogP contribution in [0.3, 0.4) is 0 Å². The van der Waals surface area contributed by atoms with Gasteiger partial charge in [0.25, 0.3) is 0 Å². The maximum atomic E-state index is 12.7. The molecule has 68 heavy (non-hydrogen) atoms. The topological polar surface area (TPSA) is 134 Å². The molecule has 0 saturated carbocycles. The molecule has 0 spiro atoms. The number of rotatable bonds is 56. The molecule has 0 aliphatic carbocycles. The van der Waals surface area contributed by atoms with E-state index in [0.717, 1.165) is 38.5 Å². The van der Waals surface area contributed by atoms with Gasteiger partial charge in [-0.05, 0) is 64.2 Å². The second-order valence-corrected chi connectivity index (χ2v) is 21.3. The second kappa shape index (κ2) is 54.8. The summed E-state index contributed by atoms with van der Waals surface area (Å²) >= 11 is 0. The van der Waals surface area contributed by atoms with Crippen LogP contribution in [0.1, 0.15) is 303 Å². The zero-order valence-corrected chi connectivity index (χ0v) is 45.8. The van der Waals surface area contributed by atoms with Crippen molar-refractivity contribution in [1.82, 2.24) is 0 Å². The van der Waals surface area contributed by atoms with E-state index in [-0.39, 0.29) is 38.6 Å². The van der Waals surface area contributed by atoms with Crippen molar-refractivity contribution in [2.24, 2.45) is 5.73 Å². The Bertz CT molecular complexity index is 1170. The normalized spacial score (nSPS) is 13.2. The number of hydrogen-bond donors (Lipinski definition) is 2. The van der Waals surface area contributed by atoms with Crippen molar-refractivity contribution in [3.8, 4) is 0 Å². The van der Waals surface area contributed by atoms with Crippen LogP contribution in [0.5, 0.6) is 0 Å². The summed E-state index contributed by atoms with van der Waals surface area (Å²) in [4.78, 5) is 35.2. The lowest BCUT2D eigenvalue weighted by Crippen LogP contribution is -2.29. The van der Waals surface area contributed by atoms with Crippen LogP contribution >= 0.6 is 7.82 Å². The minimum Gasteiger partial charge on any atom is -0.462 e. The predicted octanol–water partition coefficient (Wildman–Crippen LogP) is 18.2. The van der Waals surface area contributed by atoms with Crippen LogP contribution in [0.25, 0.3) is 0 Å². The van der Waals surface area contributed by atoms with E-state index in [9.17, 15) is 19.0 Å². The predicted molar refractivity (Wildman–Crippen MR) is 289 cm³/mol. The number of nitrogens with two attached hydrogens (primary N) is 1. The van der Waals surface area contributed by atoms with Gasteiger partial charge in [-0.15, -0.1) is 0 Å². The Labute approximate surface area is 421 Å². The molecular formula is C58H112NO8P. The van der Waals surface area contributed by atoms with E-state index >= 15 is 0 Å². The lowest BCUT2D eigenvalue weighted by molar-refractivity contribution is -0.161. The van der Waals surface area contributed by atoms with Crippen LogP contribution in [0.4, 0.5) is 0 Å². The van der Waals surface area contributed by atoms with E-state index in [1.807, 2.05) is 0 Å². The number of ether oxygens (including phenoxy) is 2. The third kappa shape index (κ3) is 53.8. The molecule has 0 aromatic carbocycles. The van der Waals surface area contributed by atoms with Crippen molar-refractivity contribution >= 4 is 19.8 Å². The Morgan fingerprint density at radius 1 is 0.426 bits per heavy atom. The molecule has 9 nitrogen and oxygen atoms in total. The van der Waals surface area contributed by atoms with Crippen molar-refractivity contribution in [2.45, 2.75) is 309 Å². The molecule has 0 aliphatic rings. The summed E-state index contributed by atoms with van der Waals surface area (Å²) in [5.74, 6) is -0.817. The minimum absolute atomic E-state index is 0.0551. The van der Waals surface area contributed by atoms with Crippen molar-refractivity contribution in [1.29, 1.82) is 0 Å². The molecule has 10 heteroatoms. The molecule has 0 aliphatic heterocycles. The number of carbonyl (C=O) groups excluding carboxylic acids is 2. The quantitative estimate of drug-likeness (QED) is 0.0264. The third-order valence-electron chi connectivity index (χ3n) is 13.1. The molecule has 0 aromatic rings. The lowest BCUT2D eigenvalue weighted by Gasteiger charge is -2.19. The zero-order valence-electron chi connectivity index (χ0n) is 44.9. The number of carbonyl (C=O) groups is 2. The summed E-state index contributed by atoms with van der Waals surface area (Å²) in [6, 6.07) is 0. The summed E-state index contributed by atoms with van der Waals surface area (Å²) in [6.45, 7) is 3.79. The molecule has 2 atom stereocenters.